The van der Waals surface area contributed by atoms with Crippen LogP contribution in [0.2, 0.25) is 0 Å². The van der Waals surface area contributed by atoms with E-state index in [2.05, 4.69) is 0 Å². The molecule has 1 N–H and O–H groups in total. The van der Waals surface area contributed by atoms with Gasteiger partial charge in [-0.15, -0.1) is 0 Å². The van der Waals surface area contributed by atoms with E-state index in [-0.39, 0.29) is 17.9 Å². The Balaban J connectivity index is 2.79. The summed E-state index contributed by atoms with van der Waals surface area (Å²) in [6, 6.07) is 4.65. The molecule has 0 aliphatic carbocycles. The zero-order chi connectivity index (χ0) is 13.1. The number of carbonyl (C=O) groups is 1. The normalized spacial score (nSPS) is 11.2. The molecule has 0 aliphatic heterocycles. The molecule has 6 heteroatoms. The molecule has 0 saturated heterocycles. The Morgan fingerprint density at radius 3 is 2.59 bits per heavy atom. The highest BCUT2D eigenvalue weighted by molar-refractivity contribution is 7.90. The number of benzene rings is 1. The van der Waals surface area contributed by atoms with Crippen LogP contribution in [0.4, 0.5) is 0 Å². The Morgan fingerprint density at radius 2 is 2.06 bits per heavy atom. The van der Waals surface area contributed by atoms with Crippen molar-refractivity contribution in [2.75, 3.05) is 18.6 Å². The van der Waals surface area contributed by atoms with Crippen LogP contribution in [-0.2, 0) is 9.84 Å². The number of aromatic carboxylic acids is 1. The van der Waals surface area contributed by atoms with Gasteiger partial charge in [-0.1, -0.05) is 6.07 Å². The van der Waals surface area contributed by atoms with Crippen LogP contribution in [0.3, 0.4) is 0 Å². The highest BCUT2D eigenvalue weighted by Crippen LogP contribution is 2.21. The molecule has 0 unspecified atom stereocenters. The average molecular weight is 258 g/mol. The Labute approximate surface area is 100.0 Å². The fraction of sp³-hybridized carbons (Fsp3) is 0.364. The van der Waals surface area contributed by atoms with Crippen LogP contribution < -0.4 is 4.74 Å². The molecule has 1 rings (SSSR count). The van der Waals surface area contributed by atoms with Crippen molar-refractivity contribution in [2.45, 2.75) is 6.92 Å². The maximum Gasteiger partial charge on any atom is 0.336 e. The Kier molecular flexibility index (Phi) is 4.11. The van der Waals surface area contributed by atoms with Gasteiger partial charge in [-0.2, -0.15) is 0 Å². The van der Waals surface area contributed by atoms with E-state index < -0.39 is 15.8 Å². The Morgan fingerprint density at radius 1 is 1.41 bits per heavy atom. The number of ether oxygens (including phenoxy) is 1. The molecule has 0 saturated carbocycles. The summed E-state index contributed by atoms with van der Waals surface area (Å²) in [5.41, 5.74) is 0.648. The van der Waals surface area contributed by atoms with Gasteiger partial charge in [0.2, 0.25) is 0 Å². The van der Waals surface area contributed by atoms with Crippen molar-refractivity contribution in [3.05, 3.63) is 29.3 Å². The highest BCUT2D eigenvalue weighted by atomic mass is 32.2. The molecule has 0 amide bonds. The van der Waals surface area contributed by atoms with Gasteiger partial charge in [0, 0.05) is 11.8 Å². The number of hydrogen-bond donors (Lipinski definition) is 1. The third-order valence-electron chi connectivity index (χ3n) is 2.23. The van der Waals surface area contributed by atoms with Crippen molar-refractivity contribution in [3.8, 4) is 5.75 Å². The molecule has 0 aromatic heterocycles. The van der Waals surface area contributed by atoms with E-state index in [4.69, 9.17) is 9.84 Å². The maximum absolute atomic E-state index is 10.9. The van der Waals surface area contributed by atoms with Gasteiger partial charge in [0.1, 0.15) is 12.4 Å². The Hall–Kier alpha value is -1.56. The zero-order valence-corrected chi connectivity index (χ0v) is 10.5. The van der Waals surface area contributed by atoms with Crippen LogP contribution in [0.15, 0.2) is 18.2 Å². The van der Waals surface area contributed by atoms with E-state index in [1.54, 1.807) is 19.1 Å². The van der Waals surface area contributed by atoms with Gasteiger partial charge in [-0.25, -0.2) is 13.2 Å². The molecular weight excluding hydrogens is 244 g/mol. The fourth-order valence-corrected chi connectivity index (χ4v) is 1.69. The first-order valence-corrected chi connectivity index (χ1v) is 7.01. The molecule has 1 aromatic rings. The molecule has 0 aliphatic rings. The van der Waals surface area contributed by atoms with Crippen LogP contribution in [0.5, 0.6) is 5.75 Å². The third kappa shape index (κ3) is 4.07. The van der Waals surface area contributed by atoms with E-state index in [1.807, 2.05) is 0 Å². The van der Waals surface area contributed by atoms with Crippen molar-refractivity contribution < 1.29 is 23.1 Å². The Bertz CT molecular complexity index is 519. The zero-order valence-electron chi connectivity index (χ0n) is 9.63. The fourth-order valence-electron chi connectivity index (χ4n) is 1.31. The molecule has 0 atom stereocenters. The molecule has 0 fully saturated rings. The minimum absolute atomic E-state index is 0.0166. The summed E-state index contributed by atoms with van der Waals surface area (Å²) in [7, 11) is -3.07. The van der Waals surface area contributed by atoms with Gasteiger partial charge in [0.15, 0.2) is 9.84 Å². The number of hydrogen-bond acceptors (Lipinski definition) is 4. The minimum atomic E-state index is -3.07. The summed E-state index contributed by atoms with van der Waals surface area (Å²) in [5.74, 6) is -0.728. The smallest absolute Gasteiger partial charge is 0.336 e. The first kappa shape index (κ1) is 13.5. The second-order valence-electron chi connectivity index (χ2n) is 3.71. The van der Waals surface area contributed by atoms with Crippen LogP contribution in [0.25, 0.3) is 0 Å². The van der Waals surface area contributed by atoms with Crippen molar-refractivity contribution in [1.82, 2.24) is 0 Å². The lowest BCUT2D eigenvalue weighted by atomic mass is 10.1. The summed E-state index contributed by atoms with van der Waals surface area (Å²) in [6.45, 7) is 1.64. The first-order chi connectivity index (χ1) is 7.81. The second kappa shape index (κ2) is 5.18. The number of sulfone groups is 1. The molecular formula is C11H14O5S. The SMILES string of the molecule is Cc1c(OCCS(C)(=O)=O)cccc1C(=O)O. The van der Waals surface area contributed by atoms with Gasteiger partial charge >= 0.3 is 5.97 Å². The lowest BCUT2D eigenvalue weighted by Crippen LogP contribution is -2.13. The third-order valence-corrected chi connectivity index (χ3v) is 3.13. The number of rotatable bonds is 5. The molecule has 5 nitrogen and oxygen atoms in total. The molecule has 17 heavy (non-hydrogen) atoms. The van der Waals surface area contributed by atoms with Crippen LogP contribution in [0, 0.1) is 6.92 Å². The van der Waals surface area contributed by atoms with E-state index in [0.29, 0.717) is 11.3 Å². The molecule has 0 spiro atoms. The molecule has 0 heterocycles. The first-order valence-electron chi connectivity index (χ1n) is 4.94. The van der Waals surface area contributed by atoms with Crippen molar-refractivity contribution in [2.24, 2.45) is 0 Å². The van der Waals surface area contributed by atoms with E-state index in [0.717, 1.165) is 6.26 Å². The van der Waals surface area contributed by atoms with Crippen molar-refractivity contribution in [1.29, 1.82) is 0 Å². The van der Waals surface area contributed by atoms with E-state index in [1.165, 1.54) is 6.07 Å². The summed E-state index contributed by atoms with van der Waals surface area (Å²) in [5, 5.41) is 8.89. The van der Waals surface area contributed by atoms with Crippen molar-refractivity contribution >= 4 is 15.8 Å². The number of carboxylic acid groups (broad SMARTS) is 1. The lowest BCUT2D eigenvalue weighted by molar-refractivity contribution is 0.0695. The predicted molar refractivity (Wildman–Crippen MR) is 63.3 cm³/mol. The van der Waals surface area contributed by atoms with Gasteiger partial charge in [0.25, 0.3) is 0 Å². The highest BCUT2D eigenvalue weighted by Gasteiger charge is 2.11. The average Bonchev–Trinajstić information content (AvgIpc) is 2.18. The van der Waals surface area contributed by atoms with Crippen LogP contribution >= 0.6 is 0 Å². The molecule has 0 radical (unpaired) electrons. The van der Waals surface area contributed by atoms with Gasteiger partial charge in [0.05, 0.1) is 11.3 Å². The van der Waals surface area contributed by atoms with Crippen LogP contribution in [0.1, 0.15) is 15.9 Å². The molecule has 94 valence electrons. The molecule has 0 bridgehead atoms. The van der Waals surface area contributed by atoms with E-state index >= 15 is 0 Å². The predicted octanol–water partition coefficient (Wildman–Crippen LogP) is 1.12. The standard InChI is InChI=1S/C11H14O5S/c1-8-9(11(12)13)4-3-5-10(8)16-6-7-17(2,14)15/h3-5H,6-7H2,1-2H3,(H,12,13). The van der Waals surface area contributed by atoms with Gasteiger partial charge < -0.3 is 9.84 Å². The van der Waals surface area contributed by atoms with E-state index in [9.17, 15) is 13.2 Å². The minimum Gasteiger partial charge on any atom is -0.492 e. The van der Waals surface area contributed by atoms with Gasteiger partial charge in [-0.05, 0) is 19.1 Å². The van der Waals surface area contributed by atoms with Crippen molar-refractivity contribution in [3.63, 3.8) is 0 Å². The van der Waals surface area contributed by atoms with Gasteiger partial charge in [-0.3, -0.25) is 0 Å². The summed E-state index contributed by atoms with van der Waals surface area (Å²) in [6.07, 6.45) is 1.12. The quantitative estimate of drug-likeness (QED) is 0.855. The largest absolute Gasteiger partial charge is 0.492 e. The summed E-state index contributed by atoms with van der Waals surface area (Å²) >= 11 is 0. The summed E-state index contributed by atoms with van der Waals surface area (Å²) in [4.78, 5) is 10.9. The topological polar surface area (TPSA) is 80.7 Å². The maximum atomic E-state index is 10.9. The van der Waals surface area contributed by atoms with Crippen LogP contribution in [-0.4, -0.2) is 38.1 Å². The molecule has 1 aromatic carbocycles. The second-order valence-corrected chi connectivity index (χ2v) is 5.97. The monoisotopic (exact) mass is 258 g/mol. The lowest BCUT2D eigenvalue weighted by Gasteiger charge is -2.10. The number of carboxylic acids is 1. The summed E-state index contributed by atoms with van der Waals surface area (Å²) < 4.78 is 27.1.